The fourth-order valence-electron chi connectivity index (χ4n) is 7.88. The van der Waals surface area contributed by atoms with E-state index in [4.69, 9.17) is 14.2 Å². The van der Waals surface area contributed by atoms with E-state index in [1.807, 2.05) is 57.2 Å². The Hall–Kier alpha value is -4.47. The van der Waals surface area contributed by atoms with Crippen LogP contribution in [0, 0.1) is 17.8 Å². The summed E-state index contributed by atoms with van der Waals surface area (Å²) in [6, 6.07) is 6.97. The minimum Gasteiger partial charge on any atom is -0.475 e. The van der Waals surface area contributed by atoms with Crippen LogP contribution in [0.4, 0.5) is 9.18 Å². The van der Waals surface area contributed by atoms with Crippen LogP contribution in [-0.4, -0.2) is 95.5 Å². The number of pyridine rings is 1. The number of ether oxygens (including phenoxy) is 3. The number of nitrogens with zero attached hydrogens (tertiary/aromatic N) is 2. The van der Waals surface area contributed by atoms with Crippen LogP contribution < -0.4 is 24.8 Å². The summed E-state index contributed by atoms with van der Waals surface area (Å²) in [6.07, 6.45) is 4.15. The number of alkyl halides is 1. The molecule has 0 bridgehead atoms. The molecule has 0 radical (unpaired) electrons. The number of rotatable bonds is 9. The predicted molar refractivity (Wildman–Crippen MR) is 211 cm³/mol. The highest BCUT2D eigenvalue weighted by Crippen LogP contribution is 2.48. The quantitative estimate of drug-likeness (QED) is 0.288. The van der Waals surface area contributed by atoms with Crippen LogP contribution in [0.1, 0.15) is 93.4 Å². The van der Waals surface area contributed by atoms with Gasteiger partial charge in [0.15, 0.2) is 0 Å². The number of alkyl carbamates (subject to hydrolysis) is 1. The molecule has 0 unspecified atom stereocenters. The van der Waals surface area contributed by atoms with Crippen molar-refractivity contribution in [2.45, 2.75) is 134 Å². The van der Waals surface area contributed by atoms with E-state index in [2.05, 4.69) is 27.3 Å². The Morgan fingerprint density at radius 3 is 2.51 bits per heavy atom. The predicted octanol–water partition coefficient (Wildman–Crippen LogP) is 5.10. The fourth-order valence-corrected chi connectivity index (χ4v) is 9.30. The highest BCUT2D eigenvalue weighted by molar-refractivity contribution is 7.91. The average molecular weight is 814 g/mol. The third-order valence-electron chi connectivity index (χ3n) is 11.3. The topological polar surface area (TPSA) is 182 Å². The van der Waals surface area contributed by atoms with Gasteiger partial charge in [0, 0.05) is 23.8 Å². The fraction of sp³-hybridized carbons (Fsp3) is 0.634. The lowest BCUT2D eigenvalue weighted by molar-refractivity contribution is -0.142. The van der Waals surface area contributed by atoms with E-state index in [-0.39, 0.29) is 56.0 Å². The van der Waals surface area contributed by atoms with Crippen molar-refractivity contribution in [2.24, 2.45) is 17.8 Å². The Balaban J connectivity index is 1.36. The van der Waals surface area contributed by atoms with Gasteiger partial charge in [0.25, 0.3) is 5.91 Å². The maximum atomic E-state index is 14.8. The second-order valence-corrected chi connectivity index (χ2v) is 19.7. The molecule has 0 spiro atoms. The van der Waals surface area contributed by atoms with Gasteiger partial charge in [-0.2, -0.15) is 4.98 Å². The van der Waals surface area contributed by atoms with Crippen molar-refractivity contribution in [3.8, 4) is 11.8 Å². The van der Waals surface area contributed by atoms with Gasteiger partial charge < -0.3 is 29.7 Å². The molecule has 3 N–H and O–H groups in total. The third kappa shape index (κ3) is 9.31. The summed E-state index contributed by atoms with van der Waals surface area (Å²) >= 11 is 0. The van der Waals surface area contributed by atoms with Crippen molar-refractivity contribution < 1.29 is 46.2 Å². The summed E-state index contributed by atoms with van der Waals surface area (Å²) in [6.45, 7) is 11.6. The number of hydrogen-bond donors (Lipinski definition) is 3. The van der Waals surface area contributed by atoms with Crippen molar-refractivity contribution >= 4 is 44.6 Å². The molecular formula is C41H56FN5O9S. The van der Waals surface area contributed by atoms with E-state index < -0.39 is 80.5 Å². The van der Waals surface area contributed by atoms with Gasteiger partial charge in [-0.15, -0.1) is 0 Å². The van der Waals surface area contributed by atoms with E-state index in [1.165, 1.54) is 4.90 Å². The Kier molecular flexibility index (Phi) is 11.9. The number of carbonyl (C=O) groups excluding carboxylic acids is 4. The van der Waals surface area contributed by atoms with Gasteiger partial charge in [-0.25, -0.2) is 17.6 Å². The molecule has 1 aromatic heterocycles. The smallest absolute Gasteiger partial charge is 0.408 e. The second kappa shape index (κ2) is 16.1. The third-order valence-corrected chi connectivity index (χ3v) is 13.4. The first-order valence-corrected chi connectivity index (χ1v) is 21.4. The van der Waals surface area contributed by atoms with Crippen molar-refractivity contribution in [3.63, 3.8) is 0 Å². The molecule has 1 aromatic carbocycles. The van der Waals surface area contributed by atoms with E-state index in [0.717, 1.165) is 11.8 Å². The number of allylic oxidation sites excluding steroid dienone is 1. The zero-order valence-electron chi connectivity index (χ0n) is 33.8. The van der Waals surface area contributed by atoms with Gasteiger partial charge in [-0.1, -0.05) is 44.2 Å². The lowest BCUT2D eigenvalue weighted by Crippen LogP contribution is -2.59. The number of fused-ring (bicyclic) bond motifs is 3. The largest absolute Gasteiger partial charge is 0.475 e. The molecule has 1 saturated heterocycles. The number of hydrogen-bond acceptors (Lipinski definition) is 10. The molecular weight excluding hydrogens is 758 g/mol. The normalized spacial score (nSPS) is 29.5. The minimum atomic E-state index is -4.39. The van der Waals surface area contributed by atoms with Gasteiger partial charge in [-0.3, -0.25) is 19.1 Å². The highest BCUT2D eigenvalue weighted by Gasteiger charge is 2.64. The molecule has 16 heteroatoms. The number of nitrogens with one attached hydrogen (secondary N) is 3. The number of amides is 4. The number of benzene rings is 1. The summed E-state index contributed by atoms with van der Waals surface area (Å²) in [4.78, 5) is 62.6. The van der Waals surface area contributed by atoms with Crippen LogP contribution in [0.3, 0.4) is 0 Å². The summed E-state index contributed by atoms with van der Waals surface area (Å²) < 4.78 is 58.7. The van der Waals surface area contributed by atoms with E-state index >= 15 is 0 Å². The van der Waals surface area contributed by atoms with Crippen LogP contribution in [0.15, 0.2) is 42.5 Å². The SMILES string of the molecule is CC(C)Oc1cc2ccccc2c(O[C@@H]2C[C@H]3C(=O)N[C@]4(C(=O)NS(=O)(=O)C5(CF)CC5)C[C@H]4/C=C\CC[C@H](C)C[C@@H](C)[C@H](NC(=O)OC(C)(C)C)C(=O)N3C2)n1. The molecule has 312 valence electrons. The van der Waals surface area contributed by atoms with Gasteiger partial charge in [-0.05, 0) is 96.4 Å². The number of halogens is 1. The van der Waals surface area contributed by atoms with Crippen LogP contribution in [-0.2, 0) is 29.1 Å². The molecule has 7 atom stereocenters. The maximum absolute atomic E-state index is 14.8. The second-order valence-electron chi connectivity index (χ2n) is 17.6. The molecule has 2 aliphatic carbocycles. The zero-order valence-corrected chi connectivity index (χ0v) is 34.6. The lowest BCUT2D eigenvalue weighted by Gasteiger charge is -2.33. The van der Waals surface area contributed by atoms with Gasteiger partial charge in [0.05, 0.1) is 12.6 Å². The summed E-state index contributed by atoms with van der Waals surface area (Å²) in [5, 5.41) is 7.12. The summed E-state index contributed by atoms with van der Waals surface area (Å²) in [5.41, 5.74) is -2.50. The minimum absolute atomic E-state index is 0.0196. The average Bonchev–Trinajstić information content (AvgIpc) is 4.02. The Bertz CT molecular complexity index is 2020. The van der Waals surface area contributed by atoms with Gasteiger partial charge in [0.2, 0.25) is 33.6 Å². The molecule has 3 heterocycles. The maximum Gasteiger partial charge on any atom is 0.408 e. The van der Waals surface area contributed by atoms with Crippen LogP contribution in [0.2, 0.25) is 0 Å². The van der Waals surface area contributed by atoms with Crippen LogP contribution >= 0.6 is 0 Å². The van der Waals surface area contributed by atoms with E-state index in [9.17, 15) is 32.0 Å². The van der Waals surface area contributed by atoms with Crippen LogP contribution in [0.25, 0.3) is 10.8 Å². The standard InChI is InChI=1S/C41H56FN5O9S/c1-24(2)54-32-19-27-13-9-11-15-30(27)35(43-32)55-29-20-31-34(48)45-41(37(50)46-57(52,53)40(23-42)16-17-40)21-28(41)14-10-8-12-25(3)18-26(4)33(36(49)47(31)22-29)44-38(51)56-39(5,6)7/h9-11,13-15,19,24-26,28-29,31,33H,8,12,16-18,20-23H2,1-7H3,(H,44,51)(H,45,48)(H,46,50)/b14-10-/t25-,26+,28+,29+,31-,33-,41+/m0/s1. The molecule has 4 amide bonds. The molecule has 4 aliphatic rings. The number of aromatic nitrogens is 1. The van der Waals surface area contributed by atoms with Crippen molar-refractivity contribution in [3.05, 3.63) is 42.5 Å². The molecule has 6 rings (SSSR count). The monoisotopic (exact) mass is 813 g/mol. The van der Waals surface area contributed by atoms with Crippen LogP contribution in [0.5, 0.6) is 11.8 Å². The van der Waals surface area contributed by atoms with Gasteiger partial charge >= 0.3 is 6.09 Å². The molecule has 2 aromatic rings. The summed E-state index contributed by atoms with van der Waals surface area (Å²) in [7, 11) is -4.39. The van der Waals surface area contributed by atoms with Crippen molar-refractivity contribution in [1.29, 1.82) is 0 Å². The molecule has 3 fully saturated rings. The van der Waals surface area contributed by atoms with Crippen molar-refractivity contribution in [2.75, 3.05) is 13.2 Å². The first kappa shape index (κ1) is 42.1. The van der Waals surface area contributed by atoms with Gasteiger partial charge in [0.1, 0.15) is 40.7 Å². The first-order chi connectivity index (χ1) is 26.8. The summed E-state index contributed by atoms with van der Waals surface area (Å²) in [5.74, 6) is -2.44. The molecule has 14 nitrogen and oxygen atoms in total. The molecule has 2 aliphatic heterocycles. The van der Waals surface area contributed by atoms with Crippen molar-refractivity contribution in [1.82, 2.24) is 25.2 Å². The molecule has 57 heavy (non-hydrogen) atoms. The Morgan fingerprint density at radius 2 is 1.84 bits per heavy atom. The number of sulfonamides is 1. The Morgan fingerprint density at radius 1 is 1.12 bits per heavy atom. The highest BCUT2D eigenvalue weighted by atomic mass is 32.2. The first-order valence-electron chi connectivity index (χ1n) is 19.9. The number of carbonyl (C=O) groups is 4. The van der Waals surface area contributed by atoms with E-state index in [0.29, 0.717) is 24.1 Å². The zero-order chi connectivity index (χ0) is 41.5. The van der Waals surface area contributed by atoms with E-state index in [1.54, 1.807) is 26.8 Å². The molecule has 2 saturated carbocycles. The Labute approximate surface area is 334 Å². The lowest BCUT2D eigenvalue weighted by atomic mass is 9.88.